The van der Waals surface area contributed by atoms with E-state index < -0.39 is 47.5 Å². The molecule has 0 saturated carbocycles. The first kappa shape index (κ1) is 24.0. The number of anilines is 3. The number of hydrogen-bond donors (Lipinski definition) is 2. The third-order valence-corrected chi connectivity index (χ3v) is 6.36. The van der Waals surface area contributed by atoms with E-state index in [9.17, 15) is 26.7 Å². The summed E-state index contributed by atoms with van der Waals surface area (Å²) in [5.74, 6) is -4.25. The van der Waals surface area contributed by atoms with Gasteiger partial charge < -0.3 is 20.9 Å². The van der Waals surface area contributed by atoms with Crippen LogP contribution in [-0.4, -0.2) is 58.7 Å². The first-order chi connectivity index (χ1) is 16.0. The molecule has 1 unspecified atom stereocenters. The van der Waals surface area contributed by atoms with E-state index in [1.165, 1.54) is 21.9 Å². The van der Waals surface area contributed by atoms with Crippen LogP contribution in [0.5, 0.6) is 0 Å². The maximum absolute atomic E-state index is 14.5. The van der Waals surface area contributed by atoms with E-state index in [1.807, 2.05) is 0 Å². The smallest absolute Gasteiger partial charge is 0.381 e. The van der Waals surface area contributed by atoms with Gasteiger partial charge in [-0.05, 0) is 49.9 Å². The zero-order valence-corrected chi connectivity index (χ0v) is 18.4. The zero-order valence-electron chi connectivity index (χ0n) is 18.4. The summed E-state index contributed by atoms with van der Waals surface area (Å²) in [4.78, 5) is 23.3. The van der Waals surface area contributed by atoms with Gasteiger partial charge in [0.1, 0.15) is 18.2 Å². The quantitative estimate of drug-likeness (QED) is 0.646. The fraction of sp³-hybridized carbons (Fsp3) is 0.500. The highest BCUT2D eigenvalue weighted by atomic mass is 19.4. The van der Waals surface area contributed by atoms with Gasteiger partial charge in [-0.2, -0.15) is 17.6 Å². The number of likely N-dealkylation sites (tertiary alicyclic amines) is 1. The second-order valence-corrected chi connectivity index (χ2v) is 8.73. The number of nitrogens with two attached hydrogens (primary N) is 1. The molecule has 0 bridgehead atoms. The molecule has 184 valence electrons. The summed E-state index contributed by atoms with van der Waals surface area (Å²) in [5.41, 5.74) is 6.53. The van der Waals surface area contributed by atoms with E-state index in [4.69, 9.17) is 5.73 Å². The molecule has 1 amide bonds. The van der Waals surface area contributed by atoms with Crippen molar-refractivity contribution in [1.82, 2.24) is 14.9 Å². The first-order valence-electron chi connectivity index (χ1n) is 11.0. The number of nitrogen functional groups attached to an aromatic ring is 1. The van der Waals surface area contributed by atoms with Gasteiger partial charge >= 0.3 is 6.18 Å². The molecule has 34 heavy (non-hydrogen) atoms. The van der Waals surface area contributed by atoms with Crippen LogP contribution in [0.3, 0.4) is 0 Å². The average Bonchev–Trinajstić information content (AvgIpc) is 2.75. The SMILES string of the molecule is Cc1cc(F)cc(NC2CCCN([C@H]3CN(c4ncnc(N)c4F)CC[C@@H]3C(F)(F)F)C2=O)c1. The van der Waals surface area contributed by atoms with E-state index in [0.717, 1.165) is 6.33 Å². The van der Waals surface area contributed by atoms with Crippen molar-refractivity contribution in [1.29, 1.82) is 0 Å². The van der Waals surface area contributed by atoms with Gasteiger partial charge in [0.05, 0.1) is 12.0 Å². The lowest BCUT2D eigenvalue weighted by Gasteiger charge is -2.47. The topological polar surface area (TPSA) is 87.4 Å². The predicted molar refractivity (Wildman–Crippen MR) is 116 cm³/mol. The molecule has 1 aromatic heterocycles. The van der Waals surface area contributed by atoms with Gasteiger partial charge in [0, 0.05) is 25.3 Å². The number of alkyl halides is 3. The molecule has 1 aromatic carbocycles. The molecule has 3 atom stereocenters. The minimum Gasteiger partial charge on any atom is -0.381 e. The maximum Gasteiger partial charge on any atom is 0.393 e. The van der Waals surface area contributed by atoms with Crippen LogP contribution in [0.1, 0.15) is 24.8 Å². The third-order valence-electron chi connectivity index (χ3n) is 6.36. The van der Waals surface area contributed by atoms with E-state index >= 15 is 0 Å². The standard InChI is InChI=1S/C22H25F5N6O/c1-12-7-13(23)9-14(8-12)31-16-3-2-5-33(21(16)34)17-10-32(6-4-15(17)22(25,26)27)20-18(24)19(28)29-11-30-20/h7-9,11,15-17,31H,2-6,10H2,1H3,(H2,28,29,30)/t15-,16?,17-/m0/s1. The summed E-state index contributed by atoms with van der Waals surface area (Å²) in [6, 6.07) is 2.20. The molecule has 3 heterocycles. The van der Waals surface area contributed by atoms with Crippen LogP contribution in [-0.2, 0) is 4.79 Å². The Balaban J connectivity index is 1.59. The first-order valence-corrected chi connectivity index (χ1v) is 11.0. The van der Waals surface area contributed by atoms with Crippen molar-refractivity contribution in [3.05, 3.63) is 41.7 Å². The molecule has 0 aliphatic carbocycles. The highest BCUT2D eigenvalue weighted by molar-refractivity contribution is 5.86. The van der Waals surface area contributed by atoms with E-state index in [1.54, 1.807) is 13.0 Å². The molecular formula is C22H25F5N6O. The monoisotopic (exact) mass is 484 g/mol. The second-order valence-electron chi connectivity index (χ2n) is 8.73. The number of rotatable bonds is 4. The number of benzene rings is 1. The zero-order chi connectivity index (χ0) is 24.6. The van der Waals surface area contributed by atoms with E-state index in [2.05, 4.69) is 15.3 Å². The molecular weight excluding hydrogens is 459 g/mol. The van der Waals surface area contributed by atoms with Gasteiger partial charge in [-0.3, -0.25) is 4.79 Å². The number of amides is 1. The van der Waals surface area contributed by atoms with Crippen LogP contribution in [0, 0.1) is 24.5 Å². The third kappa shape index (κ3) is 4.85. The fourth-order valence-electron chi connectivity index (χ4n) is 4.80. The number of piperidine rings is 2. The van der Waals surface area contributed by atoms with Crippen molar-refractivity contribution in [2.24, 2.45) is 5.92 Å². The predicted octanol–water partition coefficient (Wildman–Crippen LogP) is 3.51. The molecule has 2 aliphatic rings. The number of halogens is 5. The molecule has 2 aliphatic heterocycles. The number of carbonyl (C=O) groups excluding carboxylic acids is 1. The Labute approximate surface area is 193 Å². The molecule has 7 nitrogen and oxygen atoms in total. The number of nitrogens with one attached hydrogen (secondary N) is 1. The maximum atomic E-state index is 14.5. The van der Waals surface area contributed by atoms with Gasteiger partial charge in [0.2, 0.25) is 11.7 Å². The normalized spacial score (nSPS) is 23.8. The lowest BCUT2D eigenvalue weighted by atomic mass is 9.87. The Morgan fingerprint density at radius 1 is 1.12 bits per heavy atom. The largest absolute Gasteiger partial charge is 0.393 e. The van der Waals surface area contributed by atoms with Crippen molar-refractivity contribution < 1.29 is 26.7 Å². The lowest BCUT2D eigenvalue weighted by Crippen LogP contribution is -2.62. The Hall–Kier alpha value is -3.18. The molecule has 2 aromatic rings. The minimum atomic E-state index is -4.54. The number of aryl methyl sites for hydroxylation is 1. The summed E-state index contributed by atoms with van der Waals surface area (Å²) < 4.78 is 70.1. The van der Waals surface area contributed by atoms with Crippen molar-refractivity contribution in [3.8, 4) is 0 Å². The van der Waals surface area contributed by atoms with Crippen LogP contribution in [0.2, 0.25) is 0 Å². The summed E-state index contributed by atoms with van der Waals surface area (Å²) in [5, 5.41) is 2.97. The molecule has 2 saturated heterocycles. The molecule has 12 heteroatoms. The van der Waals surface area contributed by atoms with Gasteiger partial charge in [-0.1, -0.05) is 0 Å². The summed E-state index contributed by atoms with van der Waals surface area (Å²) in [6.45, 7) is 1.49. The number of aromatic nitrogens is 2. The Bertz CT molecular complexity index is 1040. The van der Waals surface area contributed by atoms with E-state index in [-0.39, 0.29) is 31.9 Å². The Kier molecular flexibility index (Phi) is 6.50. The average molecular weight is 484 g/mol. The number of hydrogen-bond acceptors (Lipinski definition) is 6. The van der Waals surface area contributed by atoms with Gasteiger partial charge in [0.15, 0.2) is 11.6 Å². The van der Waals surface area contributed by atoms with Crippen LogP contribution >= 0.6 is 0 Å². The Morgan fingerprint density at radius 2 is 1.88 bits per heavy atom. The summed E-state index contributed by atoms with van der Waals surface area (Å²) in [7, 11) is 0. The van der Waals surface area contributed by atoms with Crippen molar-refractivity contribution in [2.45, 2.75) is 44.4 Å². The molecule has 3 N–H and O–H groups in total. The highest BCUT2D eigenvalue weighted by Gasteiger charge is 2.51. The lowest BCUT2D eigenvalue weighted by molar-refractivity contribution is -0.197. The van der Waals surface area contributed by atoms with Crippen LogP contribution in [0.15, 0.2) is 24.5 Å². The van der Waals surface area contributed by atoms with Gasteiger partial charge in [0.25, 0.3) is 0 Å². The van der Waals surface area contributed by atoms with Crippen molar-refractivity contribution in [3.63, 3.8) is 0 Å². The Morgan fingerprint density at radius 3 is 2.59 bits per heavy atom. The number of carbonyl (C=O) groups is 1. The number of nitrogens with zero attached hydrogens (tertiary/aromatic N) is 4. The molecule has 0 radical (unpaired) electrons. The van der Waals surface area contributed by atoms with Crippen molar-refractivity contribution in [2.75, 3.05) is 35.6 Å². The fourth-order valence-corrected chi connectivity index (χ4v) is 4.80. The summed E-state index contributed by atoms with van der Waals surface area (Å²) >= 11 is 0. The van der Waals surface area contributed by atoms with Crippen LogP contribution < -0.4 is 16.0 Å². The molecule has 2 fully saturated rings. The minimum absolute atomic E-state index is 0.0969. The highest BCUT2D eigenvalue weighted by Crippen LogP contribution is 2.39. The molecule has 0 spiro atoms. The van der Waals surface area contributed by atoms with Gasteiger partial charge in [-0.25, -0.2) is 14.4 Å². The van der Waals surface area contributed by atoms with Crippen LogP contribution in [0.4, 0.5) is 39.3 Å². The summed E-state index contributed by atoms with van der Waals surface area (Å²) in [6.07, 6.45) is -2.96. The van der Waals surface area contributed by atoms with Gasteiger partial charge in [-0.15, -0.1) is 0 Å². The van der Waals surface area contributed by atoms with Crippen LogP contribution in [0.25, 0.3) is 0 Å². The van der Waals surface area contributed by atoms with E-state index in [0.29, 0.717) is 24.1 Å². The molecule has 4 rings (SSSR count). The van der Waals surface area contributed by atoms with Crippen molar-refractivity contribution >= 4 is 23.2 Å². The second kappa shape index (κ2) is 9.22.